The lowest BCUT2D eigenvalue weighted by atomic mass is 10.2. The van der Waals surface area contributed by atoms with E-state index >= 15 is 0 Å². The van der Waals surface area contributed by atoms with E-state index in [-0.39, 0.29) is 10.5 Å². The first kappa shape index (κ1) is 15.1. The summed E-state index contributed by atoms with van der Waals surface area (Å²) in [6, 6.07) is 6.77. The molecule has 0 fully saturated rings. The maximum atomic E-state index is 13.4. The zero-order valence-electron chi connectivity index (χ0n) is 11.0. The van der Waals surface area contributed by atoms with Gasteiger partial charge in [-0.1, -0.05) is 0 Å². The molecule has 0 aliphatic heterocycles. The molecule has 6 nitrogen and oxygen atoms in total. The van der Waals surface area contributed by atoms with Crippen molar-refractivity contribution in [1.82, 2.24) is 9.71 Å². The summed E-state index contributed by atoms with van der Waals surface area (Å²) < 4.78 is 38.7. The van der Waals surface area contributed by atoms with Gasteiger partial charge < -0.3 is 5.32 Å². The van der Waals surface area contributed by atoms with E-state index in [2.05, 4.69) is 15.0 Å². The molecule has 0 radical (unpaired) electrons. The number of aromatic nitrogens is 1. The molecular weight excluding hydrogens is 297 g/mol. The fourth-order valence-electron chi connectivity index (χ4n) is 1.59. The maximum absolute atomic E-state index is 13.4. The molecule has 2 N–H and O–H groups in total. The number of halogens is 1. The highest BCUT2D eigenvalue weighted by atomic mass is 32.2. The molecule has 1 amide bonds. The summed E-state index contributed by atoms with van der Waals surface area (Å²) in [5, 5.41) is 2.47. The number of pyridine rings is 1. The van der Waals surface area contributed by atoms with Crippen molar-refractivity contribution in [2.45, 2.75) is 4.90 Å². The van der Waals surface area contributed by atoms with E-state index in [1.165, 1.54) is 43.6 Å². The van der Waals surface area contributed by atoms with Crippen molar-refractivity contribution in [3.05, 3.63) is 54.1 Å². The molecule has 1 heterocycles. The molecule has 21 heavy (non-hydrogen) atoms. The van der Waals surface area contributed by atoms with E-state index in [9.17, 15) is 17.6 Å². The van der Waals surface area contributed by atoms with Gasteiger partial charge in [0.05, 0.1) is 16.7 Å². The topological polar surface area (TPSA) is 88.2 Å². The molecule has 0 atom stereocenters. The van der Waals surface area contributed by atoms with Gasteiger partial charge in [0.15, 0.2) is 5.82 Å². The Bertz CT molecular complexity index is 760. The van der Waals surface area contributed by atoms with Crippen LogP contribution in [-0.2, 0) is 10.0 Å². The lowest BCUT2D eigenvalue weighted by Crippen LogP contribution is -2.18. The molecule has 1 aromatic heterocycles. The number of nitrogens with one attached hydrogen (secondary N) is 2. The summed E-state index contributed by atoms with van der Waals surface area (Å²) in [5.74, 6) is -1.37. The summed E-state index contributed by atoms with van der Waals surface area (Å²) >= 11 is 0. The SMILES string of the molecule is CNS(=O)(=O)c1ccc(NC(=O)c2ccncc2F)cc1. The van der Waals surface area contributed by atoms with Crippen LogP contribution >= 0.6 is 0 Å². The van der Waals surface area contributed by atoms with Gasteiger partial charge in [0, 0.05) is 11.9 Å². The second kappa shape index (κ2) is 5.98. The molecule has 0 bridgehead atoms. The predicted octanol–water partition coefficient (Wildman–Crippen LogP) is 1.38. The van der Waals surface area contributed by atoms with Gasteiger partial charge in [-0.3, -0.25) is 9.78 Å². The Balaban J connectivity index is 2.18. The average molecular weight is 309 g/mol. The molecule has 2 rings (SSSR count). The van der Waals surface area contributed by atoms with Crippen LogP contribution in [0.4, 0.5) is 10.1 Å². The summed E-state index contributed by atoms with van der Waals surface area (Å²) in [4.78, 5) is 15.5. The Labute approximate surface area is 121 Å². The summed E-state index contributed by atoms with van der Waals surface area (Å²) in [6.45, 7) is 0. The van der Waals surface area contributed by atoms with Crippen LogP contribution in [-0.4, -0.2) is 26.4 Å². The quantitative estimate of drug-likeness (QED) is 0.893. The van der Waals surface area contributed by atoms with Crippen molar-refractivity contribution in [1.29, 1.82) is 0 Å². The van der Waals surface area contributed by atoms with E-state index in [4.69, 9.17) is 0 Å². The minimum Gasteiger partial charge on any atom is -0.322 e. The number of hydrogen-bond acceptors (Lipinski definition) is 4. The zero-order valence-corrected chi connectivity index (χ0v) is 11.8. The standard InChI is InChI=1S/C13H12FN3O3S/c1-15-21(19,20)10-4-2-9(3-5-10)17-13(18)11-6-7-16-8-12(11)14/h2-8,15H,1H3,(H,17,18). The van der Waals surface area contributed by atoms with Gasteiger partial charge in [0.1, 0.15) is 0 Å². The molecule has 2 aromatic rings. The Hall–Kier alpha value is -2.32. The zero-order chi connectivity index (χ0) is 15.5. The number of amides is 1. The van der Waals surface area contributed by atoms with Gasteiger partial charge in [-0.15, -0.1) is 0 Å². The van der Waals surface area contributed by atoms with Crippen molar-refractivity contribution >= 4 is 21.6 Å². The number of benzene rings is 1. The van der Waals surface area contributed by atoms with Crippen molar-refractivity contribution in [2.24, 2.45) is 0 Å². The molecular formula is C13H12FN3O3S. The summed E-state index contributed by atoms with van der Waals surface area (Å²) in [5.41, 5.74) is 0.211. The van der Waals surface area contributed by atoms with Crippen molar-refractivity contribution in [3.8, 4) is 0 Å². The first-order valence-electron chi connectivity index (χ1n) is 5.88. The van der Waals surface area contributed by atoms with Crippen LogP contribution in [0, 0.1) is 5.82 Å². The summed E-state index contributed by atoms with van der Waals surface area (Å²) in [7, 11) is -2.23. The van der Waals surface area contributed by atoms with Gasteiger partial charge >= 0.3 is 0 Å². The Kier molecular flexibility index (Phi) is 4.29. The van der Waals surface area contributed by atoms with E-state index in [1.54, 1.807) is 0 Å². The monoisotopic (exact) mass is 309 g/mol. The van der Waals surface area contributed by atoms with Crippen molar-refractivity contribution < 1.29 is 17.6 Å². The van der Waals surface area contributed by atoms with Crippen LogP contribution in [0.3, 0.4) is 0 Å². The fraction of sp³-hybridized carbons (Fsp3) is 0.0769. The number of sulfonamides is 1. The number of carbonyl (C=O) groups is 1. The second-order valence-electron chi connectivity index (χ2n) is 4.04. The van der Waals surface area contributed by atoms with Crippen LogP contribution in [0.25, 0.3) is 0 Å². The molecule has 110 valence electrons. The van der Waals surface area contributed by atoms with Gasteiger partial charge in [0.2, 0.25) is 10.0 Å². The number of anilines is 1. The maximum Gasteiger partial charge on any atom is 0.258 e. The molecule has 0 aliphatic carbocycles. The average Bonchev–Trinajstić information content (AvgIpc) is 2.48. The van der Waals surface area contributed by atoms with Crippen LogP contribution in [0.2, 0.25) is 0 Å². The Morgan fingerprint density at radius 3 is 2.43 bits per heavy atom. The second-order valence-corrected chi connectivity index (χ2v) is 5.93. The highest BCUT2D eigenvalue weighted by Gasteiger charge is 2.13. The first-order chi connectivity index (χ1) is 9.94. The Morgan fingerprint density at radius 1 is 1.19 bits per heavy atom. The molecule has 0 spiro atoms. The number of rotatable bonds is 4. The van der Waals surface area contributed by atoms with Gasteiger partial charge in [-0.05, 0) is 37.4 Å². The first-order valence-corrected chi connectivity index (χ1v) is 7.37. The lowest BCUT2D eigenvalue weighted by Gasteiger charge is -2.07. The predicted molar refractivity (Wildman–Crippen MR) is 74.8 cm³/mol. The van der Waals surface area contributed by atoms with E-state index in [1.807, 2.05) is 0 Å². The van der Waals surface area contributed by atoms with Crippen LogP contribution in [0.15, 0.2) is 47.6 Å². The van der Waals surface area contributed by atoms with E-state index < -0.39 is 21.7 Å². The largest absolute Gasteiger partial charge is 0.322 e. The van der Waals surface area contributed by atoms with E-state index in [0.717, 1.165) is 6.20 Å². The smallest absolute Gasteiger partial charge is 0.258 e. The highest BCUT2D eigenvalue weighted by Crippen LogP contribution is 2.15. The molecule has 0 saturated carbocycles. The minimum absolute atomic E-state index is 0.0677. The lowest BCUT2D eigenvalue weighted by molar-refractivity contribution is 0.102. The number of hydrogen-bond donors (Lipinski definition) is 2. The molecule has 8 heteroatoms. The third kappa shape index (κ3) is 3.41. The number of nitrogens with zero attached hydrogens (tertiary/aromatic N) is 1. The van der Waals surface area contributed by atoms with Crippen molar-refractivity contribution in [3.63, 3.8) is 0 Å². The normalized spacial score (nSPS) is 11.1. The van der Waals surface area contributed by atoms with Gasteiger partial charge in [-0.2, -0.15) is 0 Å². The molecule has 0 saturated heterocycles. The Morgan fingerprint density at radius 2 is 1.86 bits per heavy atom. The third-order valence-electron chi connectivity index (χ3n) is 2.71. The van der Waals surface area contributed by atoms with E-state index in [0.29, 0.717) is 5.69 Å². The highest BCUT2D eigenvalue weighted by molar-refractivity contribution is 7.89. The summed E-state index contributed by atoms with van der Waals surface area (Å²) in [6.07, 6.45) is 2.25. The molecule has 1 aromatic carbocycles. The van der Waals surface area contributed by atoms with Crippen LogP contribution < -0.4 is 10.0 Å². The van der Waals surface area contributed by atoms with Gasteiger partial charge in [-0.25, -0.2) is 17.5 Å². The molecule has 0 unspecified atom stereocenters. The fourth-order valence-corrected chi connectivity index (χ4v) is 2.32. The van der Waals surface area contributed by atoms with Crippen molar-refractivity contribution in [2.75, 3.05) is 12.4 Å². The number of carbonyl (C=O) groups excluding carboxylic acids is 1. The van der Waals surface area contributed by atoms with Gasteiger partial charge in [0.25, 0.3) is 5.91 Å². The molecule has 0 aliphatic rings. The minimum atomic E-state index is -3.53. The third-order valence-corrected chi connectivity index (χ3v) is 4.14. The van der Waals surface area contributed by atoms with Crippen LogP contribution in [0.5, 0.6) is 0 Å². The van der Waals surface area contributed by atoms with Crippen LogP contribution in [0.1, 0.15) is 10.4 Å².